The average Bonchev–Trinajstić information content (AvgIpc) is 3.34. The molecule has 4 rings (SSSR count). The zero-order chi connectivity index (χ0) is 15.8. The topological polar surface area (TPSA) is 44.8 Å². The van der Waals surface area contributed by atoms with Crippen LogP contribution in [0, 0.1) is 0 Å². The molecule has 1 N–H and O–H groups in total. The van der Waals surface area contributed by atoms with E-state index in [4.69, 9.17) is 16.3 Å². The van der Waals surface area contributed by atoms with Crippen molar-refractivity contribution in [2.45, 2.75) is 31.3 Å². The van der Waals surface area contributed by atoms with Crippen LogP contribution in [0.1, 0.15) is 19.3 Å². The van der Waals surface area contributed by atoms with Crippen LogP contribution in [-0.4, -0.2) is 55.7 Å². The number of anilines is 2. The van der Waals surface area contributed by atoms with E-state index in [1.54, 1.807) is 0 Å². The van der Waals surface area contributed by atoms with Crippen LogP contribution in [0.5, 0.6) is 0 Å². The summed E-state index contributed by atoms with van der Waals surface area (Å²) in [5, 5.41) is 4.18. The molecule has 2 saturated heterocycles. The van der Waals surface area contributed by atoms with Gasteiger partial charge in [-0.25, -0.2) is 0 Å². The van der Waals surface area contributed by atoms with Crippen LogP contribution in [0.4, 0.5) is 11.4 Å². The summed E-state index contributed by atoms with van der Waals surface area (Å²) in [5.74, 6) is 0.236. The number of hydrogen-bond donors (Lipinski definition) is 1. The Hall–Kier alpha value is -1.46. The Kier molecular flexibility index (Phi) is 4.07. The van der Waals surface area contributed by atoms with Crippen molar-refractivity contribution in [1.82, 2.24) is 4.90 Å². The largest absolute Gasteiger partial charge is 0.378 e. The minimum absolute atomic E-state index is 0.131. The number of benzene rings is 1. The maximum Gasteiger partial charge on any atom is 0.245 e. The minimum atomic E-state index is -0.131. The highest BCUT2D eigenvalue weighted by molar-refractivity contribution is 6.34. The van der Waals surface area contributed by atoms with E-state index in [2.05, 4.69) is 10.2 Å². The van der Waals surface area contributed by atoms with Crippen molar-refractivity contribution in [3.63, 3.8) is 0 Å². The molecule has 0 bridgehead atoms. The molecular weight excluding hydrogens is 314 g/mol. The van der Waals surface area contributed by atoms with Crippen molar-refractivity contribution in [1.29, 1.82) is 0 Å². The fourth-order valence-corrected chi connectivity index (χ4v) is 3.81. The Bertz CT molecular complexity index is 600. The highest BCUT2D eigenvalue weighted by Gasteiger charge is 2.40. The first kappa shape index (κ1) is 15.1. The molecule has 5 nitrogen and oxygen atoms in total. The molecule has 0 spiro atoms. The van der Waals surface area contributed by atoms with Crippen LogP contribution in [0.2, 0.25) is 5.02 Å². The Morgan fingerprint density at radius 3 is 2.65 bits per heavy atom. The van der Waals surface area contributed by atoms with Gasteiger partial charge < -0.3 is 19.9 Å². The number of nitrogens with one attached hydrogen (secondary N) is 1. The number of carbonyl (C=O) groups is 1. The van der Waals surface area contributed by atoms with E-state index in [9.17, 15) is 4.79 Å². The predicted molar refractivity (Wildman–Crippen MR) is 91.2 cm³/mol. The van der Waals surface area contributed by atoms with E-state index in [-0.39, 0.29) is 11.9 Å². The van der Waals surface area contributed by atoms with E-state index < -0.39 is 0 Å². The summed E-state index contributed by atoms with van der Waals surface area (Å²) < 4.78 is 5.43. The van der Waals surface area contributed by atoms with Gasteiger partial charge in [-0.15, -0.1) is 0 Å². The molecule has 124 valence electrons. The van der Waals surface area contributed by atoms with Gasteiger partial charge in [-0.1, -0.05) is 17.7 Å². The molecule has 1 aromatic carbocycles. The molecule has 1 atom stereocenters. The molecule has 1 aromatic rings. The van der Waals surface area contributed by atoms with Crippen LogP contribution < -0.4 is 10.2 Å². The number of carbonyl (C=O) groups excluding carboxylic acids is 1. The monoisotopic (exact) mass is 335 g/mol. The number of nitrogens with zero attached hydrogens (tertiary/aromatic N) is 2. The van der Waals surface area contributed by atoms with Gasteiger partial charge in [0.15, 0.2) is 0 Å². The maximum absolute atomic E-state index is 12.6. The van der Waals surface area contributed by atoms with Crippen LogP contribution in [0.15, 0.2) is 18.2 Å². The van der Waals surface area contributed by atoms with Crippen molar-refractivity contribution in [3.8, 4) is 0 Å². The molecule has 23 heavy (non-hydrogen) atoms. The van der Waals surface area contributed by atoms with E-state index >= 15 is 0 Å². The first-order valence-corrected chi connectivity index (χ1v) is 8.80. The molecule has 2 heterocycles. The molecule has 1 saturated carbocycles. The third-order valence-electron chi connectivity index (χ3n) is 4.87. The standard InChI is InChI=1S/C17H22ClN3O2/c18-13-2-1-3-14(16(13)20-8-10-23-11-9-20)19-15-6-7-21(17(15)22)12-4-5-12/h1-3,12,15,19H,4-11H2/t15-/m1/s1. The lowest BCUT2D eigenvalue weighted by molar-refractivity contribution is -0.128. The number of morpholine rings is 1. The zero-order valence-electron chi connectivity index (χ0n) is 13.1. The second kappa shape index (κ2) is 6.21. The smallest absolute Gasteiger partial charge is 0.245 e. The Labute approximate surface area is 141 Å². The van der Waals surface area contributed by atoms with Gasteiger partial charge in [-0.3, -0.25) is 4.79 Å². The summed E-state index contributed by atoms with van der Waals surface area (Å²) in [4.78, 5) is 16.8. The molecular formula is C17H22ClN3O2. The molecule has 1 aliphatic carbocycles. The summed E-state index contributed by atoms with van der Waals surface area (Å²) in [5.41, 5.74) is 1.95. The van der Waals surface area contributed by atoms with Gasteiger partial charge in [0.25, 0.3) is 0 Å². The lowest BCUT2D eigenvalue weighted by atomic mass is 10.2. The number of likely N-dealkylation sites (tertiary alicyclic amines) is 1. The molecule has 0 unspecified atom stereocenters. The van der Waals surface area contributed by atoms with Gasteiger partial charge in [-0.05, 0) is 31.4 Å². The van der Waals surface area contributed by atoms with Gasteiger partial charge >= 0.3 is 0 Å². The van der Waals surface area contributed by atoms with Gasteiger partial charge in [0.05, 0.1) is 29.6 Å². The summed E-state index contributed by atoms with van der Waals surface area (Å²) in [6.07, 6.45) is 3.19. The second-order valence-electron chi connectivity index (χ2n) is 6.48. The second-order valence-corrected chi connectivity index (χ2v) is 6.89. The van der Waals surface area contributed by atoms with Gasteiger partial charge in [0.1, 0.15) is 6.04 Å². The number of halogens is 1. The lowest BCUT2D eigenvalue weighted by Crippen LogP contribution is -2.38. The van der Waals surface area contributed by atoms with Crippen molar-refractivity contribution in [2.24, 2.45) is 0 Å². The minimum Gasteiger partial charge on any atom is -0.378 e. The van der Waals surface area contributed by atoms with Gasteiger partial charge in [0, 0.05) is 25.7 Å². The number of para-hydroxylation sites is 1. The molecule has 1 amide bonds. The first-order chi connectivity index (χ1) is 11.2. The van der Waals surface area contributed by atoms with Gasteiger partial charge in [0.2, 0.25) is 5.91 Å². The van der Waals surface area contributed by atoms with E-state index in [0.29, 0.717) is 19.3 Å². The fourth-order valence-electron chi connectivity index (χ4n) is 3.51. The highest BCUT2D eigenvalue weighted by Crippen LogP contribution is 2.37. The molecule has 3 fully saturated rings. The summed E-state index contributed by atoms with van der Waals surface area (Å²) in [6, 6.07) is 6.22. The normalized spacial score (nSPS) is 25.1. The summed E-state index contributed by atoms with van der Waals surface area (Å²) in [7, 11) is 0. The fraction of sp³-hybridized carbons (Fsp3) is 0.588. The van der Waals surface area contributed by atoms with Crippen molar-refractivity contribution in [2.75, 3.05) is 43.1 Å². The average molecular weight is 336 g/mol. The Balaban J connectivity index is 1.54. The van der Waals surface area contributed by atoms with Crippen LogP contribution >= 0.6 is 11.6 Å². The zero-order valence-corrected chi connectivity index (χ0v) is 13.9. The van der Waals surface area contributed by atoms with E-state index in [0.717, 1.165) is 55.3 Å². The quantitative estimate of drug-likeness (QED) is 0.917. The van der Waals surface area contributed by atoms with E-state index in [1.807, 2.05) is 23.1 Å². The molecule has 0 aromatic heterocycles. The van der Waals surface area contributed by atoms with Gasteiger partial charge in [-0.2, -0.15) is 0 Å². The van der Waals surface area contributed by atoms with Crippen LogP contribution in [0.3, 0.4) is 0 Å². The Morgan fingerprint density at radius 1 is 1.13 bits per heavy atom. The third kappa shape index (κ3) is 3.00. The molecule has 2 aliphatic heterocycles. The summed E-state index contributed by atoms with van der Waals surface area (Å²) in [6.45, 7) is 3.94. The maximum atomic E-state index is 12.6. The molecule has 0 radical (unpaired) electrons. The highest BCUT2D eigenvalue weighted by atomic mass is 35.5. The van der Waals surface area contributed by atoms with Crippen molar-refractivity contribution in [3.05, 3.63) is 23.2 Å². The predicted octanol–water partition coefficient (Wildman–Crippen LogP) is 2.35. The van der Waals surface area contributed by atoms with Crippen molar-refractivity contribution < 1.29 is 9.53 Å². The molecule has 3 aliphatic rings. The SMILES string of the molecule is O=C1[C@H](Nc2cccc(Cl)c2N2CCOCC2)CCN1C1CC1. The number of ether oxygens (including phenoxy) is 1. The molecule has 6 heteroatoms. The number of amides is 1. The number of rotatable bonds is 4. The Morgan fingerprint density at radius 2 is 1.91 bits per heavy atom. The van der Waals surface area contributed by atoms with Crippen LogP contribution in [0.25, 0.3) is 0 Å². The van der Waals surface area contributed by atoms with E-state index in [1.165, 1.54) is 0 Å². The first-order valence-electron chi connectivity index (χ1n) is 8.42. The number of hydrogen-bond acceptors (Lipinski definition) is 4. The lowest BCUT2D eigenvalue weighted by Gasteiger charge is -2.32. The summed E-state index contributed by atoms with van der Waals surface area (Å²) >= 11 is 6.46. The third-order valence-corrected chi connectivity index (χ3v) is 5.18. The van der Waals surface area contributed by atoms with Crippen molar-refractivity contribution >= 4 is 28.9 Å². The van der Waals surface area contributed by atoms with Crippen LogP contribution in [-0.2, 0) is 9.53 Å².